The van der Waals surface area contributed by atoms with E-state index in [4.69, 9.17) is 0 Å². The van der Waals surface area contributed by atoms with Gasteiger partial charge in [-0.1, -0.05) is 12.2 Å². The van der Waals surface area contributed by atoms with Crippen LogP contribution < -0.4 is 0 Å². The first-order valence-corrected chi connectivity index (χ1v) is 5.30. The third-order valence-electron chi connectivity index (χ3n) is 1.31. The lowest BCUT2D eigenvalue weighted by Gasteiger charge is -2.19. The minimum Gasteiger partial charge on any atom is -0.140 e. The summed E-state index contributed by atoms with van der Waals surface area (Å²) in [7, 11) is 0. The molecule has 2 heteroatoms. The van der Waals surface area contributed by atoms with Crippen LogP contribution >= 0.6 is 23.5 Å². The quantitative estimate of drug-likeness (QED) is 0.586. The average Bonchev–Trinajstić information content (AvgIpc) is 1.88. The molecule has 0 aliphatic carbocycles. The first-order valence-electron chi connectivity index (χ1n) is 3.41. The van der Waals surface area contributed by atoms with E-state index >= 15 is 0 Å². The highest BCUT2D eigenvalue weighted by Crippen LogP contribution is 2.35. The topological polar surface area (TPSA) is 0 Å². The van der Waals surface area contributed by atoms with Crippen LogP contribution in [0.5, 0.6) is 0 Å². The molecule has 0 N–H and O–H groups in total. The molecule has 0 fully saturated rings. The van der Waals surface area contributed by atoms with Gasteiger partial charge in [-0.05, 0) is 18.8 Å². The van der Waals surface area contributed by atoms with Gasteiger partial charge in [0.05, 0.1) is 4.58 Å². The Labute approximate surface area is 71.2 Å². The Bertz CT molecular complexity index is 140. The zero-order valence-corrected chi connectivity index (χ0v) is 7.75. The summed E-state index contributed by atoms with van der Waals surface area (Å²) in [4.78, 5) is 0. The van der Waals surface area contributed by atoms with E-state index in [0.717, 1.165) is 6.42 Å². The van der Waals surface area contributed by atoms with E-state index in [0.29, 0.717) is 9.83 Å². The zero-order chi connectivity index (χ0) is 7.40. The summed E-state index contributed by atoms with van der Waals surface area (Å²) in [5.74, 6) is 0. The number of hydrogen-bond donors (Lipinski definition) is 0. The van der Waals surface area contributed by atoms with Gasteiger partial charge in [-0.3, -0.25) is 0 Å². The van der Waals surface area contributed by atoms with Gasteiger partial charge < -0.3 is 0 Å². The molecule has 1 aliphatic heterocycles. The van der Waals surface area contributed by atoms with Gasteiger partial charge in [-0.2, -0.15) is 0 Å². The maximum atomic E-state index is 3.73. The molecule has 0 amide bonds. The summed E-state index contributed by atoms with van der Waals surface area (Å²) in [6.07, 6.45) is 5.36. The molecule has 1 aliphatic rings. The normalized spacial score (nSPS) is 32.1. The summed E-state index contributed by atoms with van der Waals surface area (Å²) >= 11 is 3.92. The Morgan fingerprint density at radius 1 is 1.70 bits per heavy atom. The minimum absolute atomic E-state index is 0.686. The Kier molecular flexibility index (Phi) is 3.43. The molecule has 1 rings (SSSR count). The lowest BCUT2D eigenvalue weighted by atomic mass is 10.5. The smallest absolute Gasteiger partial charge is 0.0583 e. The summed E-state index contributed by atoms with van der Waals surface area (Å²) < 4.78 is 0.706. The molecule has 2 atom stereocenters. The van der Waals surface area contributed by atoms with Gasteiger partial charge in [0.15, 0.2) is 0 Å². The lowest BCUT2D eigenvalue weighted by Crippen LogP contribution is -2.04. The van der Waals surface area contributed by atoms with Crippen molar-refractivity contribution in [2.75, 3.05) is 0 Å². The van der Waals surface area contributed by atoms with Crippen LogP contribution in [0.3, 0.4) is 0 Å². The fraction of sp³-hybridized carbons (Fsp3) is 0.500. The van der Waals surface area contributed by atoms with Crippen molar-refractivity contribution in [3.05, 3.63) is 24.1 Å². The second kappa shape index (κ2) is 4.14. The maximum Gasteiger partial charge on any atom is 0.0583 e. The molecule has 0 saturated carbocycles. The van der Waals surface area contributed by atoms with Crippen LogP contribution in [0.25, 0.3) is 0 Å². The van der Waals surface area contributed by atoms with Crippen molar-refractivity contribution in [3.63, 3.8) is 0 Å². The van der Waals surface area contributed by atoms with Gasteiger partial charge in [0.1, 0.15) is 0 Å². The molecule has 0 saturated heterocycles. The molecular weight excluding hydrogens is 160 g/mol. The zero-order valence-electron chi connectivity index (χ0n) is 6.12. The summed E-state index contributed by atoms with van der Waals surface area (Å²) in [6.45, 7) is 5.96. The fourth-order valence-corrected chi connectivity index (χ4v) is 3.53. The largest absolute Gasteiger partial charge is 0.140 e. The van der Waals surface area contributed by atoms with E-state index in [1.807, 2.05) is 29.6 Å². The second-order valence-corrected chi connectivity index (χ2v) is 5.26. The third-order valence-corrected chi connectivity index (χ3v) is 3.86. The van der Waals surface area contributed by atoms with Crippen LogP contribution in [-0.2, 0) is 0 Å². The van der Waals surface area contributed by atoms with Gasteiger partial charge in [0.2, 0.25) is 0 Å². The highest BCUT2D eigenvalue weighted by Gasteiger charge is 2.13. The second-order valence-electron chi connectivity index (χ2n) is 2.26. The van der Waals surface area contributed by atoms with Gasteiger partial charge in [0.25, 0.3) is 0 Å². The van der Waals surface area contributed by atoms with Gasteiger partial charge in [-0.25, -0.2) is 0 Å². The monoisotopic (exact) mass is 172 g/mol. The first kappa shape index (κ1) is 8.28. The molecule has 0 radical (unpaired) electrons. The van der Waals surface area contributed by atoms with Crippen molar-refractivity contribution < 1.29 is 0 Å². The van der Waals surface area contributed by atoms with Crippen molar-refractivity contribution >= 4 is 23.5 Å². The van der Waals surface area contributed by atoms with Gasteiger partial charge in [-0.15, -0.1) is 30.1 Å². The molecule has 0 bridgehead atoms. The molecule has 0 spiro atoms. The van der Waals surface area contributed by atoms with Crippen LogP contribution in [0.4, 0.5) is 0 Å². The SMILES string of the molecule is C=CCC1SC=CC(C)S1. The number of hydrogen-bond acceptors (Lipinski definition) is 2. The van der Waals surface area contributed by atoms with E-state index < -0.39 is 0 Å². The summed E-state index contributed by atoms with van der Waals surface area (Å²) in [6, 6.07) is 0. The predicted octanol–water partition coefficient (Wildman–Crippen LogP) is 3.27. The molecule has 1 heterocycles. The molecule has 56 valence electrons. The van der Waals surface area contributed by atoms with E-state index in [1.54, 1.807) is 0 Å². The fourth-order valence-electron chi connectivity index (χ4n) is 0.808. The van der Waals surface area contributed by atoms with Crippen LogP contribution in [0.15, 0.2) is 24.1 Å². The summed E-state index contributed by atoms with van der Waals surface area (Å²) in [5.41, 5.74) is 0. The number of rotatable bonds is 2. The van der Waals surface area contributed by atoms with E-state index in [2.05, 4.69) is 25.0 Å². The van der Waals surface area contributed by atoms with Crippen molar-refractivity contribution in [2.45, 2.75) is 23.2 Å². The Balaban J connectivity index is 2.36. The number of thioether (sulfide) groups is 2. The predicted molar refractivity (Wildman–Crippen MR) is 52.4 cm³/mol. The lowest BCUT2D eigenvalue weighted by molar-refractivity contribution is 1.15. The number of allylic oxidation sites excluding steroid dienone is 1. The minimum atomic E-state index is 0.686. The standard InChI is InChI=1S/C8H12S2/c1-3-4-8-9-6-5-7(2)10-8/h3,5-8H,1,4H2,2H3. The highest BCUT2D eigenvalue weighted by atomic mass is 32.2. The van der Waals surface area contributed by atoms with Crippen LogP contribution in [-0.4, -0.2) is 9.83 Å². The van der Waals surface area contributed by atoms with Crippen LogP contribution in [0, 0.1) is 0 Å². The molecule has 2 unspecified atom stereocenters. The Morgan fingerprint density at radius 3 is 3.10 bits per heavy atom. The molecule has 0 aromatic carbocycles. The molecule has 0 aromatic heterocycles. The van der Waals surface area contributed by atoms with E-state index in [9.17, 15) is 0 Å². The van der Waals surface area contributed by atoms with Crippen LogP contribution in [0.1, 0.15) is 13.3 Å². The van der Waals surface area contributed by atoms with Crippen molar-refractivity contribution in [2.24, 2.45) is 0 Å². The Morgan fingerprint density at radius 2 is 2.50 bits per heavy atom. The van der Waals surface area contributed by atoms with Gasteiger partial charge >= 0.3 is 0 Å². The Hall–Kier alpha value is 0.180. The summed E-state index contributed by atoms with van der Waals surface area (Å²) in [5, 5.41) is 2.89. The van der Waals surface area contributed by atoms with E-state index in [1.165, 1.54) is 0 Å². The van der Waals surface area contributed by atoms with Gasteiger partial charge in [0, 0.05) is 5.25 Å². The molecule has 0 aromatic rings. The van der Waals surface area contributed by atoms with E-state index in [-0.39, 0.29) is 0 Å². The third kappa shape index (κ3) is 2.43. The van der Waals surface area contributed by atoms with Crippen molar-refractivity contribution in [3.8, 4) is 0 Å². The van der Waals surface area contributed by atoms with Crippen molar-refractivity contribution in [1.82, 2.24) is 0 Å². The average molecular weight is 172 g/mol. The van der Waals surface area contributed by atoms with Crippen LogP contribution in [0.2, 0.25) is 0 Å². The maximum absolute atomic E-state index is 3.73. The first-order chi connectivity index (χ1) is 4.83. The molecule has 10 heavy (non-hydrogen) atoms. The highest BCUT2D eigenvalue weighted by molar-refractivity contribution is 8.19. The molecule has 0 nitrogen and oxygen atoms in total. The molecular formula is C8H12S2. The van der Waals surface area contributed by atoms with Crippen molar-refractivity contribution in [1.29, 1.82) is 0 Å².